The zero-order valence-electron chi connectivity index (χ0n) is 14.7. The molecule has 9 heteroatoms. The molecular weight excluding hydrogens is 446 g/mol. The average Bonchev–Trinajstić information content (AvgIpc) is 2.68. The number of sulfonamides is 1. The van der Waals surface area contributed by atoms with E-state index in [9.17, 15) is 18.0 Å². The van der Waals surface area contributed by atoms with Crippen molar-refractivity contribution in [3.05, 3.63) is 58.6 Å². The Balaban J connectivity index is 1.89. The van der Waals surface area contributed by atoms with Crippen LogP contribution in [0.2, 0.25) is 0 Å². The number of carbonyl (C=O) groups excluding carboxylic acids is 2. The van der Waals surface area contributed by atoms with Crippen LogP contribution >= 0.6 is 15.9 Å². The van der Waals surface area contributed by atoms with Crippen LogP contribution in [0, 0.1) is 12.3 Å². The van der Waals surface area contributed by atoms with E-state index in [4.69, 9.17) is 6.42 Å². The first kappa shape index (κ1) is 21.6. The van der Waals surface area contributed by atoms with Gasteiger partial charge in [0.25, 0.3) is 5.91 Å². The molecule has 2 rings (SSSR count). The molecule has 0 bridgehead atoms. The molecule has 0 aromatic heterocycles. The van der Waals surface area contributed by atoms with E-state index in [2.05, 4.69) is 37.2 Å². The third kappa shape index (κ3) is 6.49. The minimum atomic E-state index is -3.79. The normalized spacial score (nSPS) is 10.7. The van der Waals surface area contributed by atoms with Crippen LogP contribution in [-0.4, -0.2) is 33.3 Å². The molecule has 28 heavy (non-hydrogen) atoms. The fourth-order valence-corrected chi connectivity index (χ4v) is 3.42. The Labute approximate surface area is 172 Å². The van der Waals surface area contributed by atoms with Gasteiger partial charge in [-0.15, -0.1) is 6.42 Å². The minimum absolute atomic E-state index is 0.0663. The van der Waals surface area contributed by atoms with E-state index in [0.717, 1.165) is 4.47 Å². The Hall–Kier alpha value is -2.67. The number of rotatable bonds is 8. The first-order chi connectivity index (χ1) is 13.3. The molecule has 7 nitrogen and oxygen atoms in total. The quantitative estimate of drug-likeness (QED) is 0.521. The van der Waals surface area contributed by atoms with Crippen molar-refractivity contribution in [2.75, 3.05) is 18.4 Å². The lowest BCUT2D eigenvalue weighted by Crippen LogP contribution is -2.28. The van der Waals surface area contributed by atoms with Gasteiger partial charge in [-0.05, 0) is 42.5 Å². The lowest BCUT2D eigenvalue weighted by atomic mass is 10.2. The monoisotopic (exact) mass is 463 g/mol. The maximum absolute atomic E-state index is 12.2. The van der Waals surface area contributed by atoms with Crippen LogP contribution in [0.5, 0.6) is 0 Å². The number of benzene rings is 2. The smallest absolute Gasteiger partial charge is 0.251 e. The van der Waals surface area contributed by atoms with Crippen LogP contribution < -0.4 is 15.4 Å². The molecule has 0 saturated heterocycles. The van der Waals surface area contributed by atoms with E-state index in [0.29, 0.717) is 5.69 Å². The fourth-order valence-electron chi connectivity index (χ4n) is 2.17. The van der Waals surface area contributed by atoms with Crippen molar-refractivity contribution < 1.29 is 18.0 Å². The number of terminal acetylenes is 1. The largest absolute Gasteiger partial charge is 0.352 e. The molecule has 0 radical (unpaired) electrons. The van der Waals surface area contributed by atoms with Gasteiger partial charge < -0.3 is 10.6 Å². The summed E-state index contributed by atoms with van der Waals surface area (Å²) < 4.78 is 27.3. The van der Waals surface area contributed by atoms with Gasteiger partial charge in [0.05, 0.1) is 11.4 Å². The fraction of sp³-hybridized carbons (Fsp3) is 0.158. The predicted molar refractivity (Wildman–Crippen MR) is 110 cm³/mol. The second-order valence-corrected chi connectivity index (χ2v) is 8.30. The van der Waals surface area contributed by atoms with E-state index in [-0.39, 0.29) is 35.9 Å². The number of carbonyl (C=O) groups is 2. The maximum Gasteiger partial charge on any atom is 0.251 e. The molecule has 3 N–H and O–H groups in total. The summed E-state index contributed by atoms with van der Waals surface area (Å²) in [6.45, 7) is -0.0419. The first-order valence-corrected chi connectivity index (χ1v) is 10.5. The van der Waals surface area contributed by atoms with Crippen molar-refractivity contribution in [2.45, 2.75) is 11.3 Å². The molecule has 0 heterocycles. The Kier molecular flexibility index (Phi) is 7.75. The van der Waals surface area contributed by atoms with E-state index >= 15 is 0 Å². The van der Waals surface area contributed by atoms with Crippen molar-refractivity contribution in [2.24, 2.45) is 0 Å². The van der Waals surface area contributed by atoms with Crippen LogP contribution in [0.15, 0.2) is 57.9 Å². The van der Waals surface area contributed by atoms with Crippen molar-refractivity contribution in [3.8, 4) is 12.3 Å². The summed E-state index contributed by atoms with van der Waals surface area (Å²) in [6, 6.07) is 12.7. The Morgan fingerprint density at radius 1 is 1.11 bits per heavy atom. The van der Waals surface area contributed by atoms with E-state index in [1.54, 1.807) is 24.3 Å². The number of hydrogen-bond acceptors (Lipinski definition) is 4. The molecule has 146 valence electrons. The number of nitrogens with one attached hydrogen (secondary N) is 3. The first-order valence-electron chi connectivity index (χ1n) is 8.18. The van der Waals surface area contributed by atoms with Gasteiger partial charge in [0.1, 0.15) is 0 Å². The topological polar surface area (TPSA) is 104 Å². The molecule has 0 saturated carbocycles. The molecule has 0 atom stereocenters. The van der Waals surface area contributed by atoms with Gasteiger partial charge in [0.15, 0.2) is 0 Å². The number of hydrogen-bond donors (Lipinski definition) is 3. The summed E-state index contributed by atoms with van der Waals surface area (Å²) in [6.07, 6.45) is 5.12. The number of amides is 2. The Morgan fingerprint density at radius 2 is 1.82 bits per heavy atom. The number of halogens is 1. The Morgan fingerprint density at radius 3 is 2.50 bits per heavy atom. The molecule has 0 aliphatic carbocycles. The van der Waals surface area contributed by atoms with Crippen LogP contribution in [0.1, 0.15) is 16.8 Å². The van der Waals surface area contributed by atoms with Crippen molar-refractivity contribution in [3.63, 3.8) is 0 Å². The van der Waals surface area contributed by atoms with Gasteiger partial charge in [-0.2, -0.15) is 4.72 Å². The summed E-state index contributed by atoms with van der Waals surface area (Å²) in [5.41, 5.74) is 0.814. The summed E-state index contributed by atoms with van der Waals surface area (Å²) in [7, 11) is -3.79. The van der Waals surface area contributed by atoms with Gasteiger partial charge in [-0.3, -0.25) is 9.59 Å². The third-order valence-electron chi connectivity index (χ3n) is 3.54. The van der Waals surface area contributed by atoms with Gasteiger partial charge in [-0.25, -0.2) is 8.42 Å². The standard InChI is InChI=1S/C19H18BrN3O4S/c1-2-11-22-28(26,27)17-5-3-4-14(13-17)19(25)21-12-10-18(24)23-16-8-6-15(20)7-9-16/h1,3-9,13,22H,10-12H2,(H,21,25)(H,23,24). The predicted octanol–water partition coefficient (Wildman–Crippen LogP) is 2.12. The van der Waals surface area contributed by atoms with E-state index in [1.165, 1.54) is 24.3 Å². The SMILES string of the molecule is C#CCNS(=O)(=O)c1cccc(C(=O)NCCC(=O)Nc2ccc(Br)cc2)c1. The lowest BCUT2D eigenvalue weighted by molar-refractivity contribution is -0.116. The minimum Gasteiger partial charge on any atom is -0.352 e. The van der Waals surface area contributed by atoms with Crippen LogP contribution in [-0.2, 0) is 14.8 Å². The van der Waals surface area contributed by atoms with Crippen LogP contribution in [0.3, 0.4) is 0 Å². The summed E-state index contributed by atoms with van der Waals surface area (Å²) in [4.78, 5) is 24.1. The summed E-state index contributed by atoms with van der Waals surface area (Å²) >= 11 is 3.31. The lowest BCUT2D eigenvalue weighted by Gasteiger charge is -2.08. The molecule has 0 fully saturated rings. The van der Waals surface area contributed by atoms with Crippen LogP contribution in [0.25, 0.3) is 0 Å². The molecule has 2 aromatic carbocycles. The molecule has 0 aliphatic rings. The zero-order chi connectivity index (χ0) is 20.6. The van der Waals surface area contributed by atoms with Crippen LogP contribution in [0.4, 0.5) is 5.69 Å². The third-order valence-corrected chi connectivity index (χ3v) is 5.46. The van der Waals surface area contributed by atoms with Gasteiger partial charge >= 0.3 is 0 Å². The second-order valence-electron chi connectivity index (χ2n) is 5.62. The Bertz CT molecular complexity index is 999. The molecular formula is C19H18BrN3O4S. The second kappa shape index (κ2) is 10.0. The maximum atomic E-state index is 12.2. The zero-order valence-corrected chi connectivity index (χ0v) is 17.1. The molecule has 2 aromatic rings. The van der Waals surface area contributed by atoms with Gasteiger partial charge in [-0.1, -0.05) is 27.9 Å². The highest BCUT2D eigenvalue weighted by molar-refractivity contribution is 9.10. The van der Waals surface area contributed by atoms with Crippen molar-refractivity contribution in [1.82, 2.24) is 10.0 Å². The van der Waals surface area contributed by atoms with Gasteiger partial charge in [0, 0.05) is 28.7 Å². The van der Waals surface area contributed by atoms with E-state index < -0.39 is 15.9 Å². The summed E-state index contributed by atoms with van der Waals surface area (Å²) in [5.74, 6) is 1.45. The summed E-state index contributed by atoms with van der Waals surface area (Å²) in [5, 5.41) is 5.31. The number of anilines is 1. The van der Waals surface area contributed by atoms with Gasteiger partial charge in [0.2, 0.25) is 15.9 Å². The molecule has 0 spiro atoms. The highest BCUT2D eigenvalue weighted by atomic mass is 79.9. The molecule has 2 amide bonds. The average molecular weight is 464 g/mol. The van der Waals surface area contributed by atoms with E-state index in [1.807, 2.05) is 0 Å². The molecule has 0 unspecified atom stereocenters. The van der Waals surface area contributed by atoms with Crippen molar-refractivity contribution >= 4 is 43.5 Å². The highest BCUT2D eigenvalue weighted by Gasteiger charge is 2.15. The highest BCUT2D eigenvalue weighted by Crippen LogP contribution is 2.14. The van der Waals surface area contributed by atoms with Crippen molar-refractivity contribution in [1.29, 1.82) is 0 Å². The molecule has 0 aliphatic heterocycles.